The minimum Gasteiger partial charge on any atom is -0.393 e. The topological polar surface area (TPSA) is 47.3 Å². The van der Waals surface area contributed by atoms with Gasteiger partial charge in [0.2, 0.25) is 0 Å². The molecule has 2 atom stereocenters. The van der Waals surface area contributed by atoms with Crippen LogP contribution < -0.4 is 0 Å². The van der Waals surface area contributed by atoms with Gasteiger partial charge in [-0.05, 0) is 26.2 Å². The van der Waals surface area contributed by atoms with E-state index in [0.29, 0.717) is 18.0 Å². The van der Waals surface area contributed by atoms with Gasteiger partial charge in [-0.25, -0.2) is 0 Å². The van der Waals surface area contributed by atoms with Crippen LogP contribution in [0.1, 0.15) is 30.5 Å². The fraction of sp³-hybridized carbons (Fsp3) is 0.750. The van der Waals surface area contributed by atoms with Crippen molar-refractivity contribution < 1.29 is 9.84 Å². The third-order valence-corrected chi connectivity index (χ3v) is 3.74. The Morgan fingerprint density at radius 3 is 2.94 bits per heavy atom. The fourth-order valence-corrected chi connectivity index (χ4v) is 2.61. The third-order valence-electron chi connectivity index (χ3n) is 3.27. The van der Waals surface area contributed by atoms with E-state index in [-0.39, 0.29) is 6.10 Å². The minimum atomic E-state index is -0.404. The van der Waals surface area contributed by atoms with Gasteiger partial charge >= 0.3 is 0 Å². The van der Waals surface area contributed by atoms with E-state index in [9.17, 15) is 5.11 Å². The van der Waals surface area contributed by atoms with Crippen LogP contribution in [-0.4, -0.2) is 33.7 Å². The summed E-state index contributed by atoms with van der Waals surface area (Å²) in [5, 5.41) is 14.9. The lowest BCUT2D eigenvalue weighted by Gasteiger charge is -2.15. The highest BCUT2D eigenvalue weighted by Crippen LogP contribution is 2.23. The molecule has 5 heteroatoms. The number of aliphatic hydroxyl groups is 1. The number of aromatic nitrogens is 2. The SMILES string of the molecule is Cc1nn(C)c(Cl)c1CC(O)CC1CCCO1. The molecule has 2 heterocycles. The summed E-state index contributed by atoms with van der Waals surface area (Å²) in [4.78, 5) is 0. The lowest BCUT2D eigenvalue weighted by atomic mass is 10.0. The van der Waals surface area contributed by atoms with Gasteiger partial charge in [-0.15, -0.1) is 0 Å². The zero-order valence-electron chi connectivity index (χ0n) is 10.3. The first-order chi connectivity index (χ1) is 8.08. The van der Waals surface area contributed by atoms with Crippen LogP contribution in [0.25, 0.3) is 0 Å². The quantitative estimate of drug-likeness (QED) is 0.897. The molecule has 17 heavy (non-hydrogen) atoms. The van der Waals surface area contributed by atoms with Crippen molar-refractivity contribution in [1.82, 2.24) is 9.78 Å². The smallest absolute Gasteiger partial charge is 0.130 e. The highest BCUT2D eigenvalue weighted by atomic mass is 35.5. The number of hydrogen-bond acceptors (Lipinski definition) is 3. The predicted octanol–water partition coefficient (Wildman–Crippen LogP) is 1.85. The van der Waals surface area contributed by atoms with Crippen LogP contribution in [0.15, 0.2) is 0 Å². The molecule has 1 aliphatic heterocycles. The second-order valence-corrected chi connectivity index (χ2v) is 5.07. The second-order valence-electron chi connectivity index (χ2n) is 4.71. The molecular formula is C12H19ClN2O2. The van der Waals surface area contributed by atoms with Crippen molar-refractivity contribution in [3.8, 4) is 0 Å². The molecule has 2 unspecified atom stereocenters. The van der Waals surface area contributed by atoms with Crippen molar-refractivity contribution in [2.75, 3.05) is 6.61 Å². The lowest BCUT2D eigenvalue weighted by molar-refractivity contribution is 0.0540. The molecule has 4 nitrogen and oxygen atoms in total. The van der Waals surface area contributed by atoms with Crippen molar-refractivity contribution in [1.29, 1.82) is 0 Å². The molecule has 1 aliphatic rings. The van der Waals surface area contributed by atoms with E-state index in [4.69, 9.17) is 16.3 Å². The van der Waals surface area contributed by atoms with Crippen LogP contribution in [-0.2, 0) is 18.2 Å². The Hall–Kier alpha value is -0.580. The molecule has 1 fully saturated rings. The van der Waals surface area contributed by atoms with Crippen LogP contribution in [0, 0.1) is 6.92 Å². The van der Waals surface area contributed by atoms with Gasteiger partial charge in [-0.1, -0.05) is 11.6 Å². The van der Waals surface area contributed by atoms with Crippen LogP contribution in [0.4, 0.5) is 0 Å². The Morgan fingerprint density at radius 1 is 1.65 bits per heavy atom. The zero-order chi connectivity index (χ0) is 12.4. The van der Waals surface area contributed by atoms with Crippen LogP contribution in [0.2, 0.25) is 5.15 Å². The Bertz CT molecular complexity index is 386. The van der Waals surface area contributed by atoms with E-state index in [0.717, 1.165) is 30.7 Å². The van der Waals surface area contributed by atoms with Crippen molar-refractivity contribution >= 4 is 11.6 Å². The summed E-state index contributed by atoms with van der Waals surface area (Å²) in [6.45, 7) is 2.74. The van der Waals surface area contributed by atoms with Crippen molar-refractivity contribution in [2.24, 2.45) is 7.05 Å². The van der Waals surface area contributed by atoms with Gasteiger partial charge in [0.1, 0.15) is 5.15 Å². The molecule has 0 aromatic carbocycles. The number of hydrogen-bond donors (Lipinski definition) is 1. The molecule has 1 aromatic heterocycles. The van der Waals surface area contributed by atoms with E-state index in [1.54, 1.807) is 4.68 Å². The normalized spacial score (nSPS) is 22.0. The van der Waals surface area contributed by atoms with Crippen LogP contribution >= 0.6 is 11.6 Å². The summed E-state index contributed by atoms with van der Waals surface area (Å²) in [5.74, 6) is 0. The number of nitrogens with zero attached hydrogens (tertiary/aromatic N) is 2. The van der Waals surface area contributed by atoms with E-state index >= 15 is 0 Å². The Kier molecular flexibility index (Phi) is 4.07. The molecular weight excluding hydrogens is 240 g/mol. The summed E-state index contributed by atoms with van der Waals surface area (Å²) >= 11 is 6.13. The highest BCUT2D eigenvalue weighted by molar-refractivity contribution is 6.30. The second kappa shape index (κ2) is 5.38. The van der Waals surface area contributed by atoms with E-state index in [1.165, 1.54) is 0 Å². The zero-order valence-corrected chi connectivity index (χ0v) is 11.1. The van der Waals surface area contributed by atoms with Crippen molar-refractivity contribution in [2.45, 2.75) is 44.8 Å². The van der Waals surface area contributed by atoms with Crippen molar-refractivity contribution in [3.63, 3.8) is 0 Å². The molecule has 1 aromatic rings. The third kappa shape index (κ3) is 3.00. The van der Waals surface area contributed by atoms with Crippen LogP contribution in [0.3, 0.4) is 0 Å². The van der Waals surface area contributed by atoms with E-state index < -0.39 is 6.10 Å². The number of halogens is 1. The summed E-state index contributed by atoms with van der Waals surface area (Å²) in [6, 6.07) is 0. The molecule has 1 N–H and O–H groups in total. The molecule has 2 rings (SSSR count). The molecule has 0 radical (unpaired) electrons. The predicted molar refractivity (Wildman–Crippen MR) is 66.3 cm³/mol. The molecule has 0 amide bonds. The van der Waals surface area contributed by atoms with Gasteiger partial charge in [0.05, 0.1) is 17.9 Å². The van der Waals surface area contributed by atoms with E-state index in [2.05, 4.69) is 5.10 Å². The van der Waals surface area contributed by atoms with Crippen LogP contribution in [0.5, 0.6) is 0 Å². The van der Waals surface area contributed by atoms with Gasteiger partial charge in [0, 0.05) is 25.6 Å². The monoisotopic (exact) mass is 258 g/mol. The Balaban J connectivity index is 1.95. The largest absolute Gasteiger partial charge is 0.393 e. The standard InChI is InChI=1S/C12H19ClN2O2/c1-8-11(12(13)15(2)14-8)7-9(16)6-10-4-3-5-17-10/h9-10,16H,3-7H2,1-2H3. The summed E-state index contributed by atoms with van der Waals surface area (Å²) < 4.78 is 7.16. The lowest BCUT2D eigenvalue weighted by Crippen LogP contribution is -2.19. The van der Waals surface area contributed by atoms with Gasteiger partial charge in [0.25, 0.3) is 0 Å². The average molecular weight is 259 g/mol. The highest BCUT2D eigenvalue weighted by Gasteiger charge is 2.22. The summed E-state index contributed by atoms with van der Waals surface area (Å²) in [7, 11) is 1.81. The summed E-state index contributed by atoms with van der Waals surface area (Å²) in [6.07, 6.45) is 3.20. The number of aliphatic hydroxyl groups excluding tert-OH is 1. The minimum absolute atomic E-state index is 0.209. The van der Waals surface area contributed by atoms with Gasteiger partial charge in [0.15, 0.2) is 0 Å². The molecule has 0 aliphatic carbocycles. The maximum atomic E-state index is 10.0. The molecule has 0 saturated carbocycles. The first-order valence-corrected chi connectivity index (χ1v) is 6.43. The molecule has 96 valence electrons. The molecule has 1 saturated heterocycles. The maximum absolute atomic E-state index is 10.0. The van der Waals surface area contributed by atoms with Gasteiger partial charge in [-0.3, -0.25) is 4.68 Å². The van der Waals surface area contributed by atoms with Crippen molar-refractivity contribution in [3.05, 3.63) is 16.4 Å². The average Bonchev–Trinajstić information content (AvgIpc) is 2.83. The number of rotatable bonds is 4. The van der Waals surface area contributed by atoms with E-state index in [1.807, 2.05) is 14.0 Å². The van der Waals surface area contributed by atoms with Gasteiger partial charge in [-0.2, -0.15) is 5.10 Å². The summed E-state index contributed by atoms with van der Waals surface area (Å²) in [5.41, 5.74) is 1.84. The number of ether oxygens (including phenoxy) is 1. The fourth-order valence-electron chi connectivity index (χ4n) is 2.36. The first-order valence-electron chi connectivity index (χ1n) is 6.05. The Labute approximate surface area is 107 Å². The maximum Gasteiger partial charge on any atom is 0.130 e. The van der Waals surface area contributed by atoms with Gasteiger partial charge < -0.3 is 9.84 Å². The molecule has 0 bridgehead atoms. The number of aryl methyl sites for hydroxylation is 2. The molecule has 0 spiro atoms. The first kappa shape index (κ1) is 12.9. The Morgan fingerprint density at radius 2 is 2.41 bits per heavy atom.